The Morgan fingerprint density at radius 3 is 2.81 bits per heavy atom. The van der Waals surface area contributed by atoms with Gasteiger partial charge in [-0.2, -0.15) is 0 Å². The van der Waals surface area contributed by atoms with Crippen LogP contribution in [-0.4, -0.2) is 16.5 Å². The molecule has 21 heavy (non-hydrogen) atoms. The molecule has 0 radical (unpaired) electrons. The molecule has 3 atom stereocenters. The third-order valence-electron chi connectivity index (χ3n) is 4.75. The van der Waals surface area contributed by atoms with Crippen LogP contribution < -0.4 is 10.9 Å². The van der Waals surface area contributed by atoms with Crippen LogP contribution >= 0.6 is 0 Å². The Kier molecular flexibility index (Phi) is 5.57. The van der Waals surface area contributed by atoms with E-state index in [9.17, 15) is 4.79 Å². The van der Waals surface area contributed by atoms with Gasteiger partial charge in [-0.25, -0.2) is 4.98 Å². The summed E-state index contributed by atoms with van der Waals surface area (Å²) in [5.74, 6) is 2.42. The Morgan fingerprint density at radius 2 is 2.14 bits per heavy atom. The van der Waals surface area contributed by atoms with Crippen molar-refractivity contribution in [2.24, 2.45) is 11.8 Å². The maximum Gasteiger partial charge on any atom is 0.255 e. The van der Waals surface area contributed by atoms with Crippen LogP contribution in [0.1, 0.15) is 69.1 Å². The summed E-state index contributed by atoms with van der Waals surface area (Å²) in [7, 11) is 0. The Labute approximate surface area is 127 Å². The molecular weight excluding hydrogens is 262 g/mol. The van der Waals surface area contributed by atoms with Gasteiger partial charge in [-0.05, 0) is 52.0 Å². The number of nitrogens with one attached hydrogen (secondary N) is 2. The number of nitrogens with zero attached hydrogens (tertiary/aromatic N) is 1. The highest BCUT2D eigenvalue weighted by Crippen LogP contribution is 2.30. The molecule has 4 heteroatoms. The standard InChI is InChI=1S/C17H29N3O/c1-11-6-5-7-15(10-11)8-9-18-12(2)16-13(3)19-14(4)20-17(16)21/h11-12,15,18H,5-10H2,1-4H3,(H,19,20,21). The predicted octanol–water partition coefficient (Wildman–Crippen LogP) is 3.25. The second kappa shape index (κ2) is 7.21. The van der Waals surface area contributed by atoms with E-state index in [1.165, 1.54) is 32.1 Å². The van der Waals surface area contributed by atoms with E-state index in [-0.39, 0.29) is 11.6 Å². The summed E-state index contributed by atoms with van der Waals surface area (Å²) >= 11 is 0. The Hall–Kier alpha value is -1.16. The highest BCUT2D eigenvalue weighted by atomic mass is 16.1. The maximum atomic E-state index is 12.1. The van der Waals surface area contributed by atoms with Crippen LogP contribution in [0, 0.1) is 25.7 Å². The van der Waals surface area contributed by atoms with Crippen LogP contribution in [0.4, 0.5) is 0 Å². The van der Waals surface area contributed by atoms with Gasteiger partial charge in [0.05, 0.1) is 5.56 Å². The van der Waals surface area contributed by atoms with Crippen molar-refractivity contribution in [3.63, 3.8) is 0 Å². The van der Waals surface area contributed by atoms with Crippen molar-refractivity contribution >= 4 is 0 Å². The van der Waals surface area contributed by atoms with E-state index < -0.39 is 0 Å². The van der Waals surface area contributed by atoms with Crippen molar-refractivity contribution < 1.29 is 0 Å². The van der Waals surface area contributed by atoms with Gasteiger partial charge < -0.3 is 10.3 Å². The monoisotopic (exact) mass is 291 g/mol. The van der Waals surface area contributed by atoms with Crippen molar-refractivity contribution in [1.82, 2.24) is 15.3 Å². The van der Waals surface area contributed by atoms with E-state index >= 15 is 0 Å². The molecule has 1 fully saturated rings. The lowest BCUT2D eigenvalue weighted by atomic mass is 9.81. The molecule has 0 aromatic carbocycles. The van der Waals surface area contributed by atoms with Crippen molar-refractivity contribution in [2.75, 3.05) is 6.54 Å². The van der Waals surface area contributed by atoms with E-state index in [1.54, 1.807) is 0 Å². The predicted molar refractivity (Wildman–Crippen MR) is 86.5 cm³/mol. The smallest absolute Gasteiger partial charge is 0.255 e. The lowest BCUT2D eigenvalue weighted by molar-refractivity contribution is 0.265. The zero-order valence-electron chi connectivity index (χ0n) is 13.8. The van der Waals surface area contributed by atoms with Gasteiger partial charge in [-0.15, -0.1) is 0 Å². The van der Waals surface area contributed by atoms with E-state index in [4.69, 9.17) is 0 Å². The van der Waals surface area contributed by atoms with Gasteiger partial charge in [0.1, 0.15) is 5.82 Å². The van der Waals surface area contributed by atoms with E-state index in [1.807, 2.05) is 13.8 Å². The summed E-state index contributed by atoms with van der Waals surface area (Å²) in [5, 5.41) is 3.50. The number of rotatable bonds is 5. The lowest BCUT2D eigenvalue weighted by Gasteiger charge is -2.27. The second-order valence-corrected chi connectivity index (χ2v) is 6.75. The summed E-state index contributed by atoms with van der Waals surface area (Å²) in [6, 6.07) is 0.0582. The molecule has 1 aliphatic carbocycles. The van der Waals surface area contributed by atoms with Crippen LogP contribution in [-0.2, 0) is 0 Å². The van der Waals surface area contributed by atoms with Crippen molar-refractivity contribution in [2.45, 2.75) is 65.8 Å². The Bertz CT molecular complexity index is 523. The zero-order chi connectivity index (χ0) is 15.4. The average Bonchev–Trinajstić information content (AvgIpc) is 2.37. The van der Waals surface area contributed by atoms with E-state index in [0.29, 0.717) is 5.82 Å². The van der Waals surface area contributed by atoms with Gasteiger partial charge in [-0.1, -0.05) is 26.2 Å². The fraction of sp³-hybridized carbons (Fsp3) is 0.765. The zero-order valence-corrected chi connectivity index (χ0v) is 13.8. The normalized spacial score (nSPS) is 24.0. The molecule has 118 valence electrons. The quantitative estimate of drug-likeness (QED) is 0.875. The number of aromatic amines is 1. The summed E-state index contributed by atoms with van der Waals surface area (Å²) in [6.45, 7) is 9.13. The van der Waals surface area contributed by atoms with Gasteiger partial charge in [0, 0.05) is 11.7 Å². The minimum atomic E-state index is -0.00807. The first-order valence-corrected chi connectivity index (χ1v) is 8.28. The average molecular weight is 291 g/mol. The molecule has 2 rings (SSSR count). The van der Waals surface area contributed by atoms with Crippen molar-refractivity contribution in [3.05, 3.63) is 27.4 Å². The van der Waals surface area contributed by atoms with Crippen LogP contribution in [0.5, 0.6) is 0 Å². The molecule has 1 saturated carbocycles. The molecule has 0 aliphatic heterocycles. The minimum Gasteiger partial charge on any atom is -0.310 e. The van der Waals surface area contributed by atoms with E-state index in [0.717, 1.165) is 29.6 Å². The van der Waals surface area contributed by atoms with Gasteiger partial charge in [0.2, 0.25) is 0 Å². The Balaban J connectivity index is 1.87. The molecule has 0 amide bonds. The molecule has 1 heterocycles. The summed E-state index contributed by atoms with van der Waals surface area (Å²) in [4.78, 5) is 19.2. The van der Waals surface area contributed by atoms with Gasteiger partial charge in [-0.3, -0.25) is 4.79 Å². The number of H-pyrrole nitrogens is 1. The Morgan fingerprint density at radius 1 is 1.38 bits per heavy atom. The molecule has 1 aliphatic rings. The molecule has 0 saturated heterocycles. The fourth-order valence-corrected chi connectivity index (χ4v) is 3.67. The molecule has 2 N–H and O–H groups in total. The highest BCUT2D eigenvalue weighted by molar-refractivity contribution is 5.19. The highest BCUT2D eigenvalue weighted by Gasteiger charge is 2.19. The van der Waals surface area contributed by atoms with Crippen molar-refractivity contribution in [3.8, 4) is 0 Å². The molecule has 0 bridgehead atoms. The first kappa shape index (κ1) is 16.2. The van der Waals surface area contributed by atoms with Gasteiger partial charge >= 0.3 is 0 Å². The second-order valence-electron chi connectivity index (χ2n) is 6.75. The number of aryl methyl sites for hydroxylation is 2. The maximum absolute atomic E-state index is 12.1. The minimum absolute atomic E-state index is 0.00807. The number of hydrogen-bond donors (Lipinski definition) is 2. The lowest BCUT2D eigenvalue weighted by Crippen LogP contribution is -2.29. The van der Waals surface area contributed by atoms with Gasteiger partial charge in [0.25, 0.3) is 5.56 Å². The van der Waals surface area contributed by atoms with Crippen LogP contribution in [0.2, 0.25) is 0 Å². The number of hydrogen-bond acceptors (Lipinski definition) is 3. The molecule has 1 aromatic heterocycles. The van der Waals surface area contributed by atoms with Crippen LogP contribution in [0.3, 0.4) is 0 Å². The summed E-state index contributed by atoms with van der Waals surface area (Å²) < 4.78 is 0. The number of aromatic nitrogens is 2. The fourth-order valence-electron chi connectivity index (χ4n) is 3.67. The van der Waals surface area contributed by atoms with Crippen molar-refractivity contribution in [1.29, 1.82) is 0 Å². The molecule has 3 unspecified atom stereocenters. The first-order chi connectivity index (χ1) is 9.97. The SMILES string of the molecule is Cc1nc(C)c(C(C)NCCC2CCCC(C)C2)c(=O)[nH]1. The molecular formula is C17H29N3O. The summed E-state index contributed by atoms with van der Waals surface area (Å²) in [6.07, 6.45) is 6.71. The van der Waals surface area contributed by atoms with Crippen LogP contribution in [0.25, 0.3) is 0 Å². The first-order valence-electron chi connectivity index (χ1n) is 8.28. The van der Waals surface area contributed by atoms with E-state index in [2.05, 4.69) is 29.1 Å². The molecule has 1 aromatic rings. The summed E-state index contributed by atoms with van der Waals surface area (Å²) in [5.41, 5.74) is 1.60. The largest absolute Gasteiger partial charge is 0.310 e. The third kappa shape index (κ3) is 4.40. The topological polar surface area (TPSA) is 57.8 Å². The third-order valence-corrected chi connectivity index (χ3v) is 4.75. The molecule has 4 nitrogen and oxygen atoms in total. The molecule has 0 spiro atoms. The van der Waals surface area contributed by atoms with Gasteiger partial charge in [0.15, 0.2) is 0 Å². The van der Waals surface area contributed by atoms with Crippen LogP contribution in [0.15, 0.2) is 4.79 Å².